The van der Waals surface area contributed by atoms with Gasteiger partial charge in [0.05, 0.1) is 12.1 Å². The Morgan fingerprint density at radius 2 is 2.00 bits per heavy atom. The Morgan fingerprint density at radius 1 is 1.22 bits per heavy atom. The van der Waals surface area contributed by atoms with Crippen LogP contribution in [0.2, 0.25) is 5.02 Å². The largest absolute Gasteiger partial charge is 0.293 e. The van der Waals surface area contributed by atoms with Crippen LogP contribution in [0, 0.1) is 6.92 Å². The number of halogens is 1. The highest BCUT2D eigenvalue weighted by atomic mass is 35.5. The van der Waals surface area contributed by atoms with Gasteiger partial charge in [0.2, 0.25) is 5.96 Å². The van der Waals surface area contributed by atoms with E-state index in [2.05, 4.69) is 35.5 Å². The first-order chi connectivity index (χ1) is 11.1. The molecule has 2 aromatic rings. The van der Waals surface area contributed by atoms with Gasteiger partial charge in [0, 0.05) is 11.4 Å². The first kappa shape index (κ1) is 15.8. The van der Waals surface area contributed by atoms with Crippen LogP contribution >= 0.6 is 11.6 Å². The number of aliphatic imine (C=N–C) groups is 1. The molecule has 0 fully saturated rings. The summed E-state index contributed by atoms with van der Waals surface area (Å²) >= 11 is 6.36. The number of rotatable bonds is 2. The molecule has 1 aliphatic heterocycles. The summed E-state index contributed by atoms with van der Waals surface area (Å²) in [6, 6.07) is 15.9. The first-order valence-electron chi connectivity index (χ1n) is 7.49. The van der Waals surface area contributed by atoms with E-state index in [-0.39, 0.29) is 12.1 Å². The molecule has 1 heterocycles. The summed E-state index contributed by atoms with van der Waals surface area (Å²) in [7, 11) is 0. The van der Waals surface area contributed by atoms with Gasteiger partial charge in [-0.1, -0.05) is 59.6 Å². The minimum atomic E-state index is -0.0993. The van der Waals surface area contributed by atoms with Gasteiger partial charge in [-0.05, 0) is 24.1 Å². The minimum absolute atomic E-state index is 0.0259. The van der Waals surface area contributed by atoms with Gasteiger partial charge in [-0.15, -0.1) is 0 Å². The molecule has 2 unspecified atom stereocenters. The van der Waals surface area contributed by atoms with E-state index in [4.69, 9.17) is 23.3 Å². The summed E-state index contributed by atoms with van der Waals surface area (Å²) in [6.45, 7) is 2.07. The fraction of sp³-hybridized carbons (Fsp3) is 0.235. The molecule has 120 valence electrons. The van der Waals surface area contributed by atoms with Crippen molar-refractivity contribution in [1.82, 2.24) is 10.4 Å². The van der Waals surface area contributed by atoms with Crippen molar-refractivity contribution < 1.29 is 0 Å². The van der Waals surface area contributed by atoms with Gasteiger partial charge in [-0.25, -0.2) is 16.7 Å². The fourth-order valence-corrected chi connectivity index (χ4v) is 3.22. The zero-order valence-electron chi connectivity index (χ0n) is 12.9. The van der Waals surface area contributed by atoms with Gasteiger partial charge in [-0.3, -0.25) is 10.4 Å². The molecular formula is C17H20ClN5. The molecule has 5 nitrogen and oxygen atoms in total. The lowest BCUT2D eigenvalue weighted by atomic mass is 9.93. The third kappa shape index (κ3) is 3.17. The van der Waals surface area contributed by atoms with Crippen LogP contribution in [0.4, 0.5) is 0 Å². The van der Waals surface area contributed by atoms with Crippen molar-refractivity contribution in [1.29, 1.82) is 0 Å². The van der Waals surface area contributed by atoms with E-state index in [9.17, 15) is 0 Å². The maximum Gasteiger partial charge on any atom is 0.224 e. The molecule has 0 spiro atoms. The number of hydrogen-bond acceptors (Lipinski definition) is 5. The number of nitrogens with one attached hydrogen (secondary N) is 1. The van der Waals surface area contributed by atoms with E-state index in [1.165, 1.54) is 5.56 Å². The average molecular weight is 330 g/mol. The minimum Gasteiger partial charge on any atom is -0.293 e. The SMILES string of the molecule is Cc1cccc(C2CC(c3ccccc3Cl)N(N)C(NN)=N2)c1. The van der Waals surface area contributed by atoms with Crippen LogP contribution in [0.15, 0.2) is 53.5 Å². The monoisotopic (exact) mass is 329 g/mol. The number of nitrogens with two attached hydrogens (primary N) is 2. The average Bonchev–Trinajstić information content (AvgIpc) is 2.56. The van der Waals surface area contributed by atoms with Crippen LogP contribution in [0.25, 0.3) is 0 Å². The van der Waals surface area contributed by atoms with Gasteiger partial charge in [0.25, 0.3) is 0 Å². The number of hydrazine groups is 2. The molecule has 0 saturated heterocycles. The van der Waals surface area contributed by atoms with Gasteiger partial charge in [0.15, 0.2) is 0 Å². The second-order valence-corrected chi connectivity index (χ2v) is 6.11. The van der Waals surface area contributed by atoms with Crippen LogP contribution in [-0.2, 0) is 0 Å². The highest BCUT2D eigenvalue weighted by molar-refractivity contribution is 6.31. The standard InChI is InChI=1S/C17H20ClN5/c1-11-5-4-6-12(9-11)15-10-16(23(20)17(21-15)22-19)13-7-2-3-8-14(13)18/h2-9,15-16H,10,19-20H2,1H3,(H,21,22). The topological polar surface area (TPSA) is 79.7 Å². The fourth-order valence-electron chi connectivity index (χ4n) is 2.96. The molecule has 6 heteroatoms. The zero-order valence-corrected chi connectivity index (χ0v) is 13.7. The predicted molar refractivity (Wildman–Crippen MR) is 93.5 cm³/mol. The number of aryl methyl sites for hydroxylation is 1. The summed E-state index contributed by atoms with van der Waals surface area (Å²) in [6.07, 6.45) is 0.731. The molecule has 0 aromatic heterocycles. The lowest BCUT2D eigenvalue weighted by molar-refractivity contribution is 0.260. The molecule has 2 atom stereocenters. The van der Waals surface area contributed by atoms with Crippen LogP contribution in [0.1, 0.15) is 35.2 Å². The van der Waals surface area contributed by atoms with E-state index in [0.29, 0.717) is 11.0 Å². The maximum absolute atomic E-state index is 6.36. The molecule has 5 N–H and O–H groups in total. The molecule has 0 saturated carbocycles. The maximum atomic E-state index is 6.36. The second-order valence-electron chi connectivity index (χ2n) is 5.71. The van der Waals surface area contributed by atoms with Gasteiger partial charge >= 0.3 is 0 Å². The number of guanidine groups is 1. The second kappa shape index (κ2) is 6.58. The smallest absolute Gasteiger partial charge is 0.224 e. The Balaban J connectivity index is 2.00. The summed E-state index contributed by atoms with van der Waals surface area (Å²) in [4.78, 5) is 4.64. The third-order valence-corrected chi connectivity index (χ3v) is 4.47. The van der Waals surface area contributed by atoms with Crippen LogP contribution in [0.3, 0.4) is 0 Å². The lowest BCUT2D eigenvalue weighted by Crippen LogP contribution is -2.52. The molecule has 0 bridgehead atoms. The summed E-state index contributed by atoms with van der Waals surface area (Å²) in [5.74, 6) is 12.3. The van der Waals surface area contributed by atoms with E-state index in [1.807, 2.05) is 30.3 Å². The Labute approximate surface area is 140 Å². The quantitative estimate of drug-likeness (QED) is 0.584. The zero-order chi connectivity index (χ0) is 16.4. The molecule has 0 amide bonds. The number of hydrogen-bond donors (Lipinski definition) is 3. The Bertz CT molecular complexity index is 730. The molecular weight excluding hydrogens is 310 g/mol. The number of nitrogens with zero attached hydrogens (tertiary/aromatic N) is 2. The van der Waals surface area contributed by atoms with Crippen molar-refractivity contribution in [3.8, 4) is 0 Å². The summed E-state index contributed by atoms with van der Waals surface area (Å²) in [5, 5.41) is 2.24. The first-order valence-corrected chi connectivity index (χ1v) is 7.87. The molecule has 1 aliphatic rings. The van der Waals surface area contributed by atoms with Gasteiger partial charge < -0.3 is 0 Å². The van der Waals surface area contributed by atoms with E-state index < -0.39 is 0 Å². The van der Waals surface area contributed by atoms with Crippen molar-refractivity contribution >= 4 is 17.6 Å². The predicted octanol–water partition coefficient (Wildman–Crippen LogP) is 2.83. The van der Waals surface area contributed by atoms with Gasteiger partial charge in [0.1, 0.15) is 0 Å². The lowest BCUT2D eigenvalue weighted by Gasteiger charge is -2.37. The highest BCUT2D eigenvalue weighted by Crippen LogP contribution is 2.38. The highest BCUT2D eigenvalue weighted by Gasteiger charge is 2.31. The van der Waals surface area contributed by atoms with E-state index in [1.54, 1.807) is 5.01 Å². The summed E-state index contributed by atoms with van der Waals surface area (Å²) in [5.41, 5.74) is 5.90. The molecule has 0 radical (unpaired) electrons. The van der Waals surface area contributed by atoms with Crippen molar-refractivity contribution in [3.05, 3.63) is 70.2 Å². The third-order valence-electron chi connectivity index (χ3n) is 4.13. The van der Waals surface area contributed by atoms with Crippen molar-refractivity contribution in [3.63, 3.8) is 0 Å². The van der Waals surface area contributed by atoms with Crippen LogP contribution in [-0.4, -0.2) is 11.0 Å². The molecule has 3 rings (SSSR count). The van der Waals surface area contributed by atoms with E-state index >= 15 is 0 Å². The number of benzene rings is 2. The molecule has 0 aliphatic carbocycles. The van der Waals surface area contributed by atoms with E-state index in [0.717, 1.165) is 17.5 Å². The Hall–Kier alpha value is -2.08. The van der Waals surface area contributed by atoms with Gasteiger partial charge in [-0.2, -0.15) is 0 Å². The van der Waals surface area contributed by atoms with Crippen LogP contribution < -0.4 is 17.1 Å². The van der Waals surface area contributed by atoms with Crippen molar-refractivity contribution in [2.45, 2.75) is 25.4 Å². The normalized spacial score (nSPS) is 21.0. The Morgan fingerprint density at radius 3 is 2.70 bits per heavy atom. The van der Waals surface area contributed by atoms with Crippen molar-refractivity contribution in [2.75, 3.05) is 0 Å². The molecule has 2 aromatic carbocycles. The summed E-state index contributed by atoms with van der Waals surface area (Å²) < 4.78 is 0. The van der Waals surface area contributed by atoms with Crippen molar-refractivity contribution in [2.24, 2.45) is 16.7 Å². The Kier molecular flexibility index (Phi) is 4.52. The van der Waals surface area contributed by atoms with Crippen LogP contribution in [0.5, 0.6) is 0 Å². The molecule has 23 heavy (non-hydrogen) atoms.